The minimum Gasteiger partial charge on any atom is -0.317 e. The summed E-state index contributed by atoms with van der Waals surface area (Å²) in [6.07, 6.45) is 0.605. The molecule has 0 atom stereocenters. The highest BCUT2D eigenvalue weighted by Crippen LogP contribution is 2.16. The Hall–Kier alpha value is -0.660. The molecule has 0 saturated heterocycles. The maximum absolute atomic E-state index is 11.6. The molecule has 16 heavy (non-hydrogen) atoms. The van der Waals surface area contributed by atoms with Gasteiger partial charge in [0.1, 0.15) is 0 Å². The fraction of sp³-hybridized carbons (Fsp3) is 0.667. The maximum atomic E-state index is 11.6. The Labute approximate surface area is 100 Å². The number of hydrogen-bond acceptors (Lipinski definition) is 5. The third-order valence-corrected chi connectivity index (χ3v) is 4.21. The highest BCUT2D eigenvalue weighted by Gasteiger charge is 2.11. The van der Waals surface area contributed by atoms with Gasteiger partial charge in [-0.3, -0.25) is 4.72 Å². The highest BCUT2D eigenvalue weighted by atomic mass is 32.2. The molecular weight excluding hydrogens is 246 g/mol. The normalized spacial score (nSPS) is 11.6. The van der Waals surface area contributed by atoms with Crippen molar-refractivity contribution in [2.24, 2.45) is 0 Å². The van der Waals surface area contributed by atoms with Gasteiger partial charge >= 0.3 is 0 Å². The molecule has 0 amide bonds. The molecule has 0 aromatic carbocycles. The zero-order valence-corrected chi connectivity index (χ0v) is 11.1. The van der Waals surface area contributed by atoms with Crippen LogP contribution >= 0.6 is 11.3 Å². The number of anilines is 1. The van der Waals surface area contributed by atoms with Crippen molar-refractivity contribution in [3.05, 3.63) is 11.1 Å². The van der Waals surface area contributed by atoms with Crippen molar-refractivity contribution in [3.8, 4) is 0 Å². The fourth-order valence-electron chi connectivity index (χ4n) is 1.15. The lowest BCUT2D eigenvalue weighted by Gasteiger charge is -2.05. The lowest BCUT2D eigenvalue weighted by molar-refractivity contribution is 0.595. The summed E-state index contributed by atoms with van der Waals surface area (Å²) in [5.74, 6) is 0.124. The number of nitrogens with zero attached hydrogens (tertiary/aromatic N) is 1. The molecule has 0 saturated carbocycles. The van der Waals surface area contributed by atoms with Crippen LogP contribution in [0.4, 0.5) is 5.13 Å². The first kappa shape index (κ1) is 13.4. The summed E-state index contributed by atoms with van der Waals surface area (Å²) >= 11 is 1.30. The molecule has 7 heteroatoms. The van der Waals surface area contributed by atoms with E-state index in [9.17, 15) is 8.42 Å². The molecule has 1 heterocycles. The van der Waals surface area contributed by atoms with E-state index in [1.807, 2.05) is 19.2 Å². The van der Waals surface area contributed by atoms with E-state index in [2.05, 4.69) is 15.0 Å². The molecule has 0 aliphatic heterocycles. The van der Waals surface area contributed by atoms with Crippen LogP contribution in [0.25, 0.3) is 0 Å². The SMILES string of the molecule is CCNCCCS(=O)(=O)Nc1nc(C)cs1. The van der Waals surface area contributed by atoms with Crippen LogP contribution in [0.3, 0.4) is 0 Å². The fourth-order valence-corrected chi connectivity index (χ4v) is 3.19. The Kier molecular flexibility index (Phi) is 5.17. The van der Waals surface area contributed by atoms with Gasteiger partial charge in [-0.05, 0) is 26.4 Å². The van der Waals surface area contributed by atoms with Crippen LogP contribution in [-0.4, -0.2) is 32.2 Å². The van der Waals surface area contributed by atoms with E-state index in [0.29, 0.717) is 18.1 Å². The number of aromatic nitrogens is 1. The Morgan fingerprint density at radius 3 is 2.81 bits per heavy atom. The van der Waals surface area contributed by atoms with E-state index in [4.69, 9.17) is 0 Å². The second-order valence-electron chi connectivity index (χ2n) is 3.42. The smallest absolute Gasteiger partial charge is 0.234 e. The van der Waals surface area contributed by atoms with Crippen molar-refractivity contribution in [2.75, 3.05) is 23.6 Å². The number of nitrogens with one attached hydrogen (secondary N) is 2. The van der Waals surface area contributed by atoms with Crippen LogP contribution in [-0.2, 0) is 10.0 Å². The van der Waals surface area contributed by atoms with Gasteiger partial charge in [0.15, 0.2) is 5.13 Å². The van der Waals surface area contributed by atoms with Gasteiger partial charge in [-0.15, -0.1) is 11.3 Å². The zero-order valence-electron chi connectivity index (χ0n) is 9.49. The Bertz CT molecular complexity index is 414. The van der Waals surface area contributed by atoms with Crippen molar-refractivity contribution in [3.63, 3.8) is 0 Å². The minimum atomic E-state index is -3.24. The van der Waals surface area contributed by atoms with Crippen LogP contribution < -0.4 is 10.0 Å². The van der Waals surface area contributed by atoms with Gasteiger partial charge < -0.3 is 5.32 Å². The summed E-state index contributed by atoms with van der Waals surface area (Å²) in [6.45, 7) is 5.40. The number of hydrogen-bond donors (Lipinski definition) is 2. The van der Waals surface area contributed by atoms with E-state index in [1.165, 1.54) is 11.3 Å². The summed E-state index contributed by atoms with van der Waals surface area (Å²) < 4.78 is 25.7. The van der Waals surface area contributed by atoms with Crippen molar-refractivity contribution in [1.29, 1.82) is 0 Å². The molecule has 0 spiro atoms. The van der Waals surface area contributed by atoms with E-state index in [-0.39, 0.29) is 5.75 Å². The van der Waals surface area contributed by atoms with Gasteiger partial charge in [0.05, 0.1) is 11.4 Å². The van der Waals surface area contributed by atoms with Crippen LogP contribution in [0.1, 0.15) is 19.0 Å². The first-order chi connectivity index (χ1) is 7.53. The molecule has 1 aromatic rings. The van der Waals surface area contributed by atoms with Gasteiger partial charge in [-0.25, -0.2) is 13.4 Å². The lowest BCUT2D eigenvalue weighted by atomic mass is 10.5. The second-order valence-corrected chi connectivity index (χ2v) is 6.12. The molecule has 0 unspecified atom stereocenters. The van der Waals surface area contributed by atoms with Crippen molar-refractivity contribution in [2.45, 2.75) is 20.3 Å². The van der Waals surface area contributed by atoms with Gasteiger partial charge in [-0.1, -0.05) is 6.92 Å². The predicted molar refractivity (Wildman–Crippen MR) is 67.4 cm³/mol. The van der Waals surface area contributed by atoms with Crippen molar-refractivity contribution >= 4 is 26.5 Å². The third kappa shape index (κ3) is 4.91. The van der Waals surface area contributed by atoms with Crippen LogP contribution in [0.2, 0.25) is 0 Å². The Morgan fingerprint density at radius 2 is 2.25 bits per heavy atom. The summed E-state index contributed by atoms with van der Waals surface area (Å²) in [5, 5.41) is 5.34. The monoisotopic (exact) mass is 263 g/mol. The van der Waals surface area contributed by atoms with E-state index in [0.717, 1.165) is 12.2 Å². The minimum absolute atomic E-state index is 0.124. The van der Waals surface area contributed by atoms with Gasteiger partial charge in [0, 0.05) is 5.38 Å². The summed E-state index contributed by atoms with van der Waals surface area (Å²) in [6, 6.07) is 0. The molecule has 1 aromatic heterocycles. The molecule has 2 N–H and O–H groups in total. The zero-order chi connectivity index (χ0) is 12.0. The molecule has 5 nitrogen and oxygen atoms in total. The number of aryl methyl sites for hydroxylation is 1. The predicted octanol–water partition coefficient (Wildman–Crippen LogP) is 1.19. The third-order valence-electron chi connectivity index (χ3n) is 1.88. The van der Waals surface area contributed by atoms with Crippen molar-refractivity contribution in [1.82, 2.24) is 10.3 Å². The number of rotatable bonds is 7. The Morgan fingerprint density at radius 1 is 1.50 bits per heavy atom. The number of sulfonamides is 1. The van der Waals surface area contributed by atoms with Crippen LogP contribution in [0.5, 0.6) is 0 Å². The summed E-state index contributed by atoms with van der Waals surface area (Å²) in [7, 11) is -3.24. The maximum Gasteiger partial charge on any atom is 0.234 e. The average Bonchev–Trinajstić information content (AvgIpc) is 2.58. The van der Waals surface area contributed by atoms with Gasteiger partial charge in [0.25, 0.3) is 0 Å². The standard InChI is InChI=1S/C9H17N3O2S2/c1-3-10-5-4-6-16(13,14)12-9-11-8(2)7-15-9/h7,10H,3-6H2,1-2H3,(H,11,12). The topological polar surface area (TPSA) is 71.1 Å². The average molecular weight is 263 g/mol. The van der Waals surface area contributed by atoms with Crippen LogP contribution in [0.15, 0.2) is 5.38 Å². The first-order valence-electron chi connectivity index (χ1n) is 5.17. The highest BCUT2D eigenvalue weighted by molar-refractivity contribution is 7.92. The molecule has 0 aliphatic rings. The molecule has 0 radical (unpaired) electrons. The summed E-state index contributed by atoms with van der Waals surface area (Å²) in [5.41, 5.74) is 0.829. The first-order valence-corrected chi connectivity index (χ1v) is 7.70. The van der Waals surface area contributed by atoms with E-state index < -0.39 is 10.0 Å². The molecule has 0 aliphatic carbocycles. The van der Waals surface area contributed by atoms with E-state index in [1.54, 1.807) is 0 Å². The Balaban J connectivity index is 2.40. The van der Waals surface area contributed by atoms with Crippen LogP contribution in [0, 0.1) is 6.92 Å². The molecule has 0 bridgehead atoms. The lowest BCUT2D eigenvalue weighted by Crippen LogP contribution is -2.21. The van der Waals surface area contributed by atoms with Gasteiger partial charge in [-0.2, -0.15) is 0 Å². The largest absolute Gasteiger partial charge is 0.317 e. The molecule has 0 fully saturated rings. The molecular formula is C9H17N3O2S2. The van der Waals surface area contributed by atoms with E-state index >= 15 is 0 Å². The van der Waals surface area contributed by atoms with Gasteiger partial charge in [0.2, 0.25) is 10.0 Å². The molecule has 92 valence electrons. The molecule has 1 rings (SSSR count). The second kappa shape index (κ2) is 6.17. The summed E-state index contributed by atoms with van der Waals surface area (Å²) in [4.78, 5) is 4.05. The van der Waals surface area contributed by atoms with Crippen molar-refractivity contribution < 1.29 is 8.42 Å². The quantitative estimate of drug-likeness (QED) is 0.725. The number of thiazole rings is 1.